The van der Waals surface area contributed by atoms with Crippen LogP contribution in [0.4, 0.5) is 5.82 Å². The Hall–Kier alpha value is -1.61. The Bertz CT molecular complexity index is 453. The molecule has 0 radical (unpaired) electrons. The van der Waals surface area contributed by atoms with Gasteiger partial charge in [-0.3, -0.25) is 0 Å². The van der Waals surface area contributed by atoms with Gasteiger partial charge in [0.05, 0.1) is 5.52 Å². The van der Waals surface area contributed by atoms with Crippen LogP contribution in [0.25, 0.3) is 10.9 Å². The standard InChI is InChI=1S/C12H15N3/c1-9(8-13)14-12-7-6-10-4-2-3-5-11(10)15-12/h2-7,9H,8,13H2,1H3,(H,14,15). The minimum absolute atomic E-state index is 0.249. The van der Waals surface area contributed by atoms with E-state index in [0.717, 1.165) is 16.7 Å². The average Bonchev–Trinajstić information content (AvgIpc) is 2.29. The van der Waals surface area contributed by atoms with Crippen LogP contribution in [0.5, 0.6) is 0 Å². The second-order valence-corrected chi connectivity index (χ2v) is 3.67. The topological polar surface area (TPSA) is 50.9 Å². The fourth-order valence-corrected chi connectivity index (χ4v) is 1.46. The highest BCUT2D eigenvalue weighted by Gasteiger charge is 2.00. The summed E-state index contributed by atoms with van der Waals surface area (Å²) >= 11 is 0. The van der Waals surface area contributed by atoms with Gasteiger partial charge < -0.3 is 11.1 Å². The molecular weight excluding hydrogens is 186 g/mol. The second-order valence-electron chi connectivity index (χ2n) is 3.67. The molecule has 78 valence electrons. The Kier molecular flexibility index (Phi) is 2.83. The number of aromatic nitrogens is 1. The van der Waals surface area contributed by atoms with Gasteiger partial charge in [-0.15, -0.1) is 0 Å². The van der Waals surface area contributed by atoms with Crippen molar-refractivity contribution >= 4 is 16.7 Å². The van der Waals surface area contributed by atoms with Crippen LogP contribution in [0.15, 0.2) is 36.4 Å². The molecule has 0 fully saturated rings. The third kappa shape index (κ3) is 2.25. The van der Waals surface area contributed by atoms with Crippen LogP contribution < -0.4 is 11.1 Å². The predicted molar refractivity (Wildman–Crippen MR) is 63.9 cm³/mol. The molecule has 0 aliphatic rings. The third-order valence-corrected chi connectivity index (χ3v) is 2.35. The first-order valence-electron chi connectivity index (χ1n) is 5.12. The SMILES string of the molecule is CC(CN)Nc1ccc2ccccc2n1. The van der Waals surface area contributed by atoms with Crippen LogP contribution in [0.3, 0.4) is 0 Å². The molecule has 0 bridgehead atoms. The lowest BCUT2D eigenvalue weighted by Crippen LogP contribution is -2.25. The van der Waals surface area contributed by atoms with Crippen LogP contribution in [-0.2, 0) is 0 Å². The van der Waals surface area contributed by atoms with Crippen molar-refractivity contribution in [1.29, 1.82) is 0 Å². The van der Waals surface area contributed by atoms with Crippen molar-refractivity contribution in [2.45, 2.75) is 13.0 Å². The third-order valence-electron chi connectivity index (χ3n) is 2.35. The van der Waals surface area contributed by atoms with Gasteiger partial charge >= 0.3 is 0 Å². The van der Waals surface area contributed by atoms with Gasteiger partial charge in [0.25, 0.3) is 0 Å². The number of fused-ring (bicyclic) bond motifs is 1. The molecule has 1 heterocycles. The van der Waals surface area contributed by atoms with E-state index in [2.05, 4.69) is 22.4 Å². The first-order valence-corrected chi connectivity index (χ1v) is 5.12. The smallest absolute Gasteiger partial charge is 0.126 e. The highest BCUT2D eigenvalue weighted by molar-refractivity contribution is 5.80. The lowest BCUT2D eigenvalue weighted by atomic mass is 10.2. The summed E-state index contributed by atoms with van der Waals surface area (Å²) in [7, 11) is 0. The van der Waals surface area contributed by atoms with E-state index in [0.29, 0.717) is 6.54 Å². The number of para-hydroxylation sites is 1. The van der Waals surface area contributed by atoms with Gasteiger partial charge in [0.1, 0.15) is 5.82 Å². The lowest BCUT2D eigenvalue weighted by molar-refractivity contribution is 0.799. The molecule has 15 heavy (non-hydrogen) atoms. The Morgan fingerprint density at radius 1 is 1.27 bits per heavy atom. The number of hydrogen-bond acceptors (Lipinski definition) is 3. The lowest BCUT2D eigenvalue weighted by Gasteiger charge is -2.12. The molecule has 1 atom stereocenters. The number of anilines is 1. The fourth-order valence-electron chi connectivity index (χ4n) is 1.46. The maximum Gasteiger partial charge on any atom is 0.126 e. The minimum atomic E-state index is 0.249. The summed E-state index contributed by atoms with van der Waals surface area (Å²) in [6.07, 6.45) is 0. The summed E-state index contributed by atoms with van der Waals surface area (Å²) in [6, 6.07) is 12.4. The molecule has 3 N–H and O–H groups in total. The zero-order valence-corrected chi connectivity index (χ0v) is 8.77. The van der Waals surface area contributed by atoms with Crippen molar-refractivity contribution < 1.29 is 0 Å². The number of benzene rings is 1. The Labute approximate surface area is 89.3 Å². The number of rotatable bonds is 3. The number of pyridine rings is 1. The molecule has 1 aromatic heterocycles. The Balaban J connectivity index is 2.30. The first-order chi connectivity index (χ1) is 7.29. The molecule has 1 unspecified atom stereocenters. The number of nitrogens with zero attached hydrogens (tertiary/aromatic N) is 1. The maximum absolute atomic E-state index is 5.54. The summed E-state index contributed by atoms with van der Waals surface area (Å²) in [4.78, 5) is 4.50. The van der Waals surface area contributed by atoms with Crippen molar-refractivity contribution in [2.24, 2.45) is 5.73 Å². The molecule has 0 saturated carbocycles. The monoisotopic (exact) mass is 201 g/mol. The van der Waals surface area contributed by atoms with E-state index in [1.54, 1.807) is 0 Å². The maximum atomic E-state index is 5.54. The Morgan fingerprint density at radius 3 is 2.87 bits per heavy atom. The fraction of sp³-hybridized carbons (Fsp3) is 0.250. The van der Waals surface area contributed by atoms with Crippen molar-refractivity contribution in [2.75, 3.05) is 11.9 Å². The van der Waals surface area contributed by atoms with Gasteiger partial charge in [0.2, 0.25) is 0 Å². The molecule has 0 amide bonds. The molecule has 2 aromatic rings. The number of hydrogen-bond donors (Lipinski definition) is 2. The van der Waals surface area contributed by atoms with Crippen LogP contribution in [0.1, 0.15) is 6.92 Å². The first kappa shape index (κ1) is 9.93. The minimum Gasteiger partial charge on any atom is -0.366 e. The van der Waals surface area contributed by atoms with Gasteiger partial charge in [-0.05, 0) is 25.1 Å². The van der Waals surface area contributed by atoms with Crippen LogP contribution in [0.2, 0.25) is 0 Å². The molecule has 1 aromatic carbocycles. The molecule has 0 aliphatic heterocycles. The van der Waals surface area contributed by atoms with E-state index in [-0.39, 0.29) is 6.04 Å². The van der Waals surface area contributed by atoms with Gasteiger partial charge in [0, 0.05) is 18.0 Å². The second kappa shape index (κ2) is 4.28. The van der Waals surface area contributed by atoms with Gasteiger partial charge in [-0.1, -0.05) is 18.2 Å². The van der Waals surface area contributed by atoms with E-state index >= 15 is 0 Å². The molecule has 0 aliphatic carbocycles. The average molecular weight is 201 g/mol. The summed E-state index contributed by atoms with van der Waals surface area (Å²) < 4.78 is 0. The summed E-state index contributed by atoms with van der Waals surface area (Å²) in [5.41, 5.74) is 6.55. The molecule has 3 nitrogen and oxygen atoms in total. The number of nitrogens with two attached hydrogens (primary N) is 1. The van der Waals surface area contributed by atoms with E-state index in [4.69, 9.17) is 5.73 Å². The highest BCUT2D eigenvalue weighted by Crippen LogP contribution is 2.14. The summed E-state index contributed by atoms with van der Waals surface area (Å²) in [6.45, 7) is 2.64. The van der Waals surface area contributed by atoms with E-state index in [1.807, 2.05) is 31.2 Å². The van der Waals surface area contributed by atoms with E-state index in [1.165, 1.54) is 0 Å². The van der Waals surface area contributed by atoms with Crippen molar-refractivity contribution in [3.63, 3.8) is 0 Å². The van der Waals surface area contributed by atoms with Gasteiger partial charge in [-0.2, -0.15) is 0 Å². The largest absolute Gasteiger partial charge is 0.366 e. The molecule has 2 rings (SSSR count). The quantitative estimate of drug-likeness (QED) is 0.798. The van der Waals surface area contributed by atoms with Gasteiger partial charge in [-0.25, -0.2) is 4.98 Å². The van der Waals surface area contributed by atoms with Crippen LogP contribution in [-0.4, -0.2) is 17.6 Å². The number of nitrogens with one attached hydrogen (secondary N) is 1. The molecule has 0 spiro atoms. The Morgan fingerprint density at radius 2 is 2.07 bits per heavy atom. The highest BCUT2D eigenvalue weighted by atomic mass is 15.0. The van der Waals surface area contributed by atoms with Crippen molar-refractivity contribution in [3.8, 4) is 0 Å². The molecule has 0 saturated heterocycles. The normalized spacial score (nSPS) is 12.7. The van der Waals surface area contributed by atoms with Crippen LogP contribution in [0, 0.1) is 0 Å². The van der Waals surface area contributed by atoms with E-state index < -0.39 is 0 Å². The van der Waals surface area contributed by atoms with E-state index in [9.17, 15) is 0 Å². The summed E-state index contributed by atoms with van der Waals surface area (Å²) in [5.74, 6) is 0.881. The predicted octanol–water partition coefficient (Wildman–Crippen LogP) is 1.99. The zero-order valence-electron chi connectivity index (χ0n) is 8.77. The summed E-state index contributed by atoms with van der Waals surface area (Å²) in [5, 5.41) is 4.40. The molecular formula is C12H15N3. The van der Waals surface area contributed by atoms with Crippen molar-refractivity contribution in [1.82, 2.24) is 4.98 Å². The van der Waals surface area contributed by atoms with Crippen molar-refractivity contribution in [3.05, 3.63) is 36.4 Å². The zero-order chi connectivity index (χ0) is 10.7. The molecule has 3 heteroatoms. The van der Waals surface area contributed by atoms with Gasteiger partial charge in [0.15, 0.2) is 0 Å². The van der Waals surface area contributed by atoms with Crippen LogP contribution >= 0.6 is 0 Å².